The Labute approximate surface area is 187 Å². The van der Waals surface area contributed by atoms with E-state index >= 15 is 0 Å². The molecule has 3 aromatic rings. The van der Waals surface area contributed by atoms with Gasteiger partial charge >= 0.3 is 0 Å². The number of benzene rings is 1. The summed E-state index contributed by atoms with van der Waals surface area (Å²) in [6.07, 6.45) is 5.25. The molecule has 8 heteroatoms. The summed E-state index contributed by atoms with van der Waals surface area (Å²) in [5, 5.41) is 6.89. The summed E-state index contributed by atoms with van der Waals surface area (Å²) in [6, 6.07) is 13.6. The molecule has 1 aromatic carbocycles. The quantitative estimate of drug-likeness (QED) is 0.630. The van der Waals surface area contributed by atoms with Gasteiger partial charge in [0.25, 0.3) is 12.4 Å². The van der Waals surface area contributed by atoms with E-state index in [1.807, 2.05) is 47.5 Å². The van der Waals surface area contributed by atoms with Crippen molar-refractivity contribution in [3.05, 3.63) is 72.2 Å². The van der Waals surface area contributed by atoms with Crippen LogP contribution < -0.4 is 9.64 Å². The number of rotatable bonds is 4. The van der Waals surface area contributed by atoms with Crippen LogP contribution in [-0.2, 0) is 4.79 Å². The highest BCUT2D eigenvalue weighted by Gasteiger charge is 2.23. The fourth-order valence-electron chi connectivity index (χ4n) is 3.69. The molecule has 3 heterocycles. The molecule has 1 aliphatic rings. The van der Waals surface area contributed by atoms with Crippen molar-refractivity contribution in [1.82, 2.24) is 14.9 Å². The molecular formula is C24H26N4O4. The maximum Gasteiger partial charge on any atom is 0.290 e. The molecule has 32 heavy (non-hydrogen) atoms. The van der Waals surface area contributed by atoms with E-state index in [2.05, 4.69) is 27.9 Å². The Hall–Kier alpha value is -3.94. The van der Waals surface area contributed by atoms with Crippen LogP contribution >= 0.6 is 0 Å². The number of carboxylic acid groups (broad SMARTS) is 1. The van der Waals surface area contributed by atoms with Crippen molar-refractivity contribution < 1.29 is 19.4 Å². The van der Waals surface area contributed by atoms with E-state index < -0.39 is 0 Å². The molecule has 166 valence electrons. The molecule has 1 N–H and O–H groups in total. The lowest BCUT2D eigenvalue weighted by Crippen LogP contribution is -2.49. The molecular weight excluding hydrogens is 408 g/mol. The Kier molecular flexibility index (Phi) is 7.75. The second-order valence-electron chi connectivity index (χ2n) is 7.18. The highest BCUT2D eigenvalue weighted by Crippen LogP contribution is 2.29. The van der Waals surface area contributed by atoms with Gasteiger partial charge in [0.2, 0.25) is 0 Å². The molecule has 1 fully saturated rings. The first-order chi connectivity index (χ1) is 15.6. The maximum absolute atomic E-state index is 12.9. The van der Waals surface area contributed by atoms with Gasteiger partial charge in [-0.1, -0.05) is 18.2 Å². The monoisotopic (exact) mass is 434 g/mol. The van der Waals surface area contributed by atoms with E-state index in [4.69, 9.17) is 14.6 Å². The minimum absolute atomic E-state index is 0.0654. The number of hydrogen-bond donors (Lipinski definition) is 1. The molecule has 0 bridgehead atoms. The molecule has 0 saturated carbocycles. The standard InChI is InChI=1S/C23H24N4O2.CH2O2/c1-17-4-3-10-25-22(17)26-12-14-27(15-13-26)23(28)19-7-5-18(6-8-19)20-9-11-24-16-21(20)29-2;2-1-3/h3-11,16H,12-15H2,1-2H3;1H,(H,2,3). The summed E-state index contributed by atoms with van der Waals surface area (Å²) < 4.78 is 5.38. The Morgan fingerprint density at radius 2 is 1.75 bits per heavy atom. The molecule has 1 saturated heterocycles. The number of aryl methyl sites for hydroxylation is 1. The molecule has 0 atom stereocenters. The smallest absolute Gasteiger partial charge is 0.290 e. The van der Waals surface area contributed by atoms with Crippen molar-refractivity contribution in [2.24, 2.45) is 0 Å². The van der Waals surface area contributed by atoms with Crippen molar-refractivity contribution in [2.75, 3.05) is 38.2 Å². The number of carbonyl (C=O) groups is 2. The van der Waals surface area contributed by atoms with E-state index in [1.54, 1.807) is 19.5 Å². The lowest BCUT2D eigenvalue weighted by Gasteiger charge is -2.36. The van der Waals surface area contributed by atoms with Crippen LogP contribution in [0.4, 0.5) is 5.82 Å². The summed E-state index contributed by atoms with van der Waals surface area (Å²) in [5.74, 6) is 1.79. The Balaban J connectivity index is 0.000000913. The molecule has 0 radical (unpaired) electrons. The minimum atomic E-state index is -0.250. The van der Waals surface area contributed by atoms with Gasteiger partial charge < -0.3 is 19.6 Å². The molecule has 0 unspecified atom stereocenters. The Morgan fingerprint density at radius 1 is 1.06 bits per heavy atom. The number of aromatic nitrogens is 2. The van der Waals surface area contributed by atoms with Gasteiger partial charge in [0.05, 0.1) is 13.3 Å². The van der Waals surface area contributed by atoms with Crippen LogP contribution in [0.5, 0.6) is 5.75 Å². The second kappa shape index (κ2) is 10.9. The number of nitrogens with zero attached hydrogens (tertiary/aromatic N) is 4. The number of amides is 1. The third-order valence-electron chi connectivity index (χ3n) is 5.30. The Morgan fingerprint density at radius 3 is 2.38 bits per heavy atom. The number of anilines is 1. The third kappa shape index (κ3) is 5.21. The average molecular weight is 434 g/mol. The second-order valence-corrected chi connectivity index (χ2v) is 7.18. The van der Waals surface area contributed by atoms with Gasteiger partial charge in [-0.05, 0) is 42.3 Å². The summed E-state index contributed by atoms with van der Waals surface area (Å²) in [7, 11) is 1.63. The average Bonchev–Trinajstić information content (AvgIpc) is 2.85. The van der Waals surface area contributed by atoms with E-state index in [0.29, 0.717) is 24.4 Å². The molecule has 8 nitrogen and oxygen atoms in total. The van der Waals surface area contributed by atoms with E-state index in [-0.39, 0.29) is 12.4 Å². The van der Waals surface area contributed by atoms with Crippen LogP contribution in [0.25, 0.3) is 11.1 Å². The molecule has 0 spiro atoms. The normalized spacial score (nSPS) is 13.1. The molecule has 0 aliphatic carbocycles. The summed E-state index contributed by atoms with van der Waals surface area (Å²) >= 11 is 0. The van der Waals surface area contributed by atoms with Crippen LogP contribution in [0.2, 0.25) is 0 Å². The first-order valence-corrected chi connectivity index (χ1v) is 10.2. The lowest BCUT2D eigenvalue weighted by molar-refractivity contribution is -0.122. The fourth-order valence-corrected chi connectivity index (χ4v) is 3.69. The third-order valence-corrected chi connectivity index (χ3v) is 5.30. The SMILES string of the molecule is COc1cnccc1-c1ccc(C(=O)N2CCN(c3ncccc3C)CC2)cc1.O=CO. The van der Waals surface area contributed by atoms with Gasteiger partial charge in [-0.2, -0.15) is 0 Å². The lowest BCUT2D eigenvalue weighted by atomic mass is 10.0. The zero-order valence-electron chi connectivity index (χ0n) is 18.1. The summed E-state index contributed by atoms with van der Waals surface area (Å²) in [4.78, 5) is 34.0. The minimum Gasteiger partial charge on any atom is -0.494 e. The predicted molar refractivity (Wildman–Crippen MR) is 122 cm³/mol. The van der Waals surface area contributed by atoms with E-state index in [9.17, 15) is 4.79 Å². The number of methoxy groups -OCH3 is 1. The number of carbonyl (C=O) groups excluding carboxylic acids is 1. The van der Waals surface area contributed by atoms with Crippen LogP contribution in [0.1, 0.15) is 15.9 Å². The van der Waals surface area contributed by atoms with Gasteiger partial charge in [0, 0.05) is 49.7 Å². The summed E-state index contributed by atoms with van der Waals surface area (Å²) in [6.45, 7) is 4.77. The van der Waals surface area contributed by atoms with Crippen molar-refractivity contribution in [3.8, 4) is 16.9 Å². The number of pyridine rings is 2. The van der Waals surface area contributed by atoms with Crippen LogP contribution in [-0.4, -0.2) is 65.6 Å². The fraction of sp³-hybridized carbons (Fsp3) is 0.250. The largest absolute Gasteiger partial charge is 0.494 e. The zero-order valence-corrected chi connectivity index (χ0v) is 18.1. The van der Waals surface area contributed by atoms with Crippen molar-refractivity contribution in [1.29, 1.82) is 0 Å². The highest BCUT2D eigenvalue weighted by atomic mass is 16.5. The molecule has 1 amide bonds. The van der Waals surface area contributed by atoms with Crippen molar-refractivity contribution >= 4 is 18.2 Å². The highest BCUT2D eigenvalue weighted by molar-refractivity contribution is 5.95. The zero-order chi connectivity index (χ0) is 22.9. The molecule has 2 aromatic heterocycles. The van der Waals surface area contributed by atoms with Gasteiger partial charge in [0.1, 0.15) is 11.6 Å². The summed E-state index contributed by atoms with van der Waals surface area (Å²) in [5.41, 5.74) is 3.82. The predicted octanol–water partition coefficient (Wildman–Crippen LogP) is 3.12. The van der Waals surface area contributed by atoms with E-state index in [0.717, 1.165) is 35.6 Å². The maximum atomic E-state index is 12.9. The number of piperazine rings is 1. The van der Waals surface area contributed by atoms with Crippen LogP contribution in [0, 0.1) is 6.92 Å². The van der Waals surface area contributed by atoms with Gasteiger partial charge in [-0.15, -0.1) is 0 Å². The Bertz CT molecular complexity index is 1050. The number of hydrogen-bond acceptors (Lipinski definition) is 6. The number of ether oxygens (including phenoxy) is 1. The van der Waals surface area contributed by atoms with Crippen LogP contribution in [0.3, 0.4) is 0 Å². The molecule has 4 rings (SSSR count). The van der Waals surface area contributed by atoms with Gasteiger partial charge in [-0.3, -0.25) is 14.6 Å². The topological polar surface area (TPSA) is 95.9 Å². The van der Waals surface area contributed by atoms with Gasteiger partial charge in [-0.25, -0.2) is 4.98 Å². The van der Waals surface area contributed by atoms with E-state index in [1.165, 1.54) is 0 Å². The van der Waals surface area contributed by atoms with Crippen LogP contribution in [0.15, 0.2) is 61.1 Å². The van der Waals surface area contributed by atoms with Crippen molar-refractivity contribution in [2.45, 2.75) is 6.92 Å². The van der Waals surface area contributed by atoms with Crippen molar-refractivity contribution in [3.63, 3.8) is 0 Å². The first-order valence-electron chi connectivity index (χ1n) is 10.2. The molecule has 1 aliphatic heterocycles. The first kappa shape index (κ1) is 22.7. The van der Waals surface area contributed by atoms with Gasteiger partial charge in [0.15, 0.2) is 0 Å².